The van der Waals surface area contributed by atoms with Gasteiger partial charge in [0.25, 0.3) is 5.91 Å². The van der Waals surface area contributed by atoms with Gasteiger partial charge < -0.3 is 20.5 Å². The minimum Gasteiger partial charge on any atom is -0.493 e. The van der Waals surface area contributed by atoms with Crippen molar-refractivity contribution in [3.63, 3.8) is 0 Å². The van der Waals surface area contributed by atoms with Crippen molar-refractivity contribution in [3.8, 4) is 11.5 Å². The summed E-state index contributed by atoms with van der Waals surface area (Å²) < 4.78 is 10.6. The van der Waals surface area contributed by atoms with Gasteiger partial charge >= 0.3 is 0 Å². The maximum atomic E-state index is 12.0. The van der Waals surface area contributed by atoms with Gasteiger partial charge in [0.2, 0.25) is 0 Å². The summed E-state index contributed by atoms with van der Waals surface area (Å²) in [5.41, 5.74) is 5.94. The molecule has 0 fully saturated rings. The summed E-state index contributed by atoms with van der Waals surface area (Å²) in [5, 5.41) is 3.16. The number of ether oxygens (including phenoxy) is 2. The van der Waals surface area contributed by atoms with E-state index < -0.39 is 0 Å². The van der Waals surface area contributed by atoms with Crippen LogP contribution in [0.25, 0.3) is 0 Å². The standard InChI is InChI=1S/C14H21ClN2O3/c1-4-20-13-11(15)5-10(6-12(13)19-3)14(18)17-8-9(2)7-16/h5-6,9H,4,7-8,16H2,1-3H3,(H,17,18). The first-order valence-electron chi connectivity index (χ1n) is 6.52. The first-order valence-corrected chi connectivity index (χ1v) is 6.89. The van der Waals surface area contributed by atoms with Crippen molar-refractivity contribution in [2.24, 2.45) is 11.7 Å². The number of halogens is 1. The molecule has 0 aliphatic heterocycles. The summed E-state index contributed by atoms with van der Waals surface area (Å²) in [6.07, 6.45) is 0. The minimum atomic E-state index is -0.214. The van der Waals surface area contributed by atoms with Gasteiger partial charge in [-0.1, -0.05) is 18.5 Å². The Morgan fingerprint density at radius 2 is 2.20 bits per heavy atom. The second kappa shape index (κ2) is 7.97. The van der Waals surface area contributed by atoms with Gasteiger partial charge in [0, 0.05) is 12.1 Å². The monoisotopic (exact) mass is 300 g/mol. The SMILES string of the molecule is CCOc1c(Cl)cc(C(=O)NCC(C)CN)cc1OC. The third kappa shape index (κ3) is 4.28. The number of rotatable bonds is 7. The van der Waals surface area contributed by atoms with Crippen molar-refractivity contribution < 1.29 is 14.3 Å². The van der Waals surface area contributed by atoms with Crippen LogP contribution in [0.2, 0.25) is 5.02 Å². The molecule has 1 aromatic rings. The highest BCUT2D eigenvalue weighted by molar-refractivity contribution is 6.32. The molecule has 1 amide bonds. The number of carbonyl (C=O) groups excluding carboxylic acids is 1. The van der Waals surface area contributed by atoms with E-state index in [1.807, 2.05) is 13.8 Å². The number of benzene rings is 1. The molecule has 1 unspecified atom stereocenters. The van der Waals surface area contributed by atoms with Gasteiger partial charge in [-0.25, -0.2) is 0 Å². The minimum absolute atomic E-state index is 0.214. The van der Waals surface area contributed by atoms with Gasteiger partial charge in [-0.15, -0.1) is 0 Å². The second-order valence-electron chi connectivity index (χ2n) is 4.47. The van der Waals surface area contributed by atoms with Crippen LogP contribution in [0, 0.1) is 5.92 Å². The van der Waals surface area contributed by atoms with Crippen LogP contribution < -0.4 is 20.5 Å². The highest BCUT2D eigenvalue weighted by Gasteiger charge is 2.15. The molecular formula is C14H21ClN2O3. The summed E-state index contributed by atoms with van der Waals surface area (Å²) in [6.45, 7) is 5.32. The van der Waals surface area contributed by atoms with Crippen molar-refractivity contribution in [3.05, 3.63) is 22.7 Å². The Hall–Kier alpha value is -1.46. The highest BCUT2D eigenvalue weighted by Crippen LogP contribution is 2.36. The molecule has 0 saturated carbocycles. The van der Waals surface area contributed by atoms with Gasteiger partial charge in [-0.05, 0) is 31.5 Å². The van der Waals surface area contributed by atoms with Crippen LogP contribution in [0.15, 0.2) is 12.1 Å². The molecule has 1 aromatic carbocycles. The van der Waals surface area contributed by atoms with E-state index in [2.05, 4.69) is 5.32 Å². The van der Waals surface area contributed by atoms with E-state index in [4.69, 9.17) is 26.8 Å². The maximum absolute atomic E-state index is 12.0. The lowest BCUT2D eigenvalue weighted by Gasteiger charge is -2.14. The van der Waals surface area contributed by atoms with Crippen LogP contribution in [-0.4, -0.2) is 32.7 Å². The largest absolute Gasteiger partial charge is 0.493 e. The molecule has 0 aliphatic carbocycles. The normalized spacial score (nSPS) is 11.8. The molecule has 20 heavy (non-hydrogen) atoms. The Balaban J connectivity index is 2.91. The Morgan fingerprint density at radius 3 is 2.75 bits per heavy atom. The fourth-order valence-electron chi connectivity index (χ4n) is 1.59. The number of methoxy groups -OCH3 is 1. The molecule has 0 aromatic heterocycles. The highest BCUT2D eigenvalue weighted by atomic mass is 35.5. The fraction of sp³-hybridized carbons (Fsp3) is 0.500. The molecule has 0 heterocycles. The summed E-state index contributed by atoms with van der Waals surface area (Å²) in [5.74, 6) is 0.896. The molecule has 6 heteroatoms. The summed E-state index contributed by atoms with van der Waals surface area (Å²) >= 11 is 6.12. The Kier molecular flexibility index (Phi) is 6.61. The average Bonchev–Trinajstić information content (AvgIpc) is 2.46. The first kappa shape index (κ1) is 16.6. The predicted octanol–water partition coefficient (Wildman–Crippen LogP) is 2.07. The van der Waals surface area contributed by atoms with Gasteiger partial charge in [-0.2, -0.15) is 0 Å². The van der Waals surface area contributed by atoms with Crippen molar-refractivity contribution in [1.29, 1.82) is 0 Å². The zero-order chi connectivity index (χ0) is 15.1. The Bertz CT molecular complexity index is 466. The van der Waals surface area contributed by atoms with E-state index in [1.165, 1.54) is 7.11 Å². The third-order valence-electron chi connectivity index (χ3n) is 2.79. The van der Waals surface area contributed by atoms with E-state index >= 15 is 0 Å². The molecular weight excluding hydrogens is 280 g/mol. The quantitative estimate of drug-likeness (QED) is 0.808. The first-order chi connectivity index (χ1) is 9.53. The van der Waals surface area contributed by atoms with Crippen molar-refractivity contribution in [1.82, 2.24) is 5.32 Å². The average molecular weight is 301 g/mol. The van der Waals surface area contributed by atoms with Crippen molar-refractivity contribution in [2.75, 3.05) is 26.8 Å². The Morgan fingerprint density at radius 1 is 1.50 bits per heavy atom. The molecule has 1 atom stereocenters. The van der Waals surface area contributed by atoms with Gasteiger partial charge in [0.05, 0.1) is 18.7 Å². The van der Waals surface area contributed by atoms with Crippen LogP contribution in [-0.2, 0) is 0 Å². The zero-order valence-electron chi connectivity index (χ0n) is 12.0. The molecule has 0 radical (unpaired) electrons. The summed E-state index contributed by atoms with van der Waals surface area (Å²) in [6, 6.07) is 3.18. The van der Waals surface area contributed by atoms with E-state index in [9.17, 15) is 4.79 Å². The van der Waals surface area contributed by atoms with E-state index in [0.717, 1.165) is 0 Å². The molecule has 112 valence electrons. The number of nitrogens with one attached hydrogen (secondary N) is 1. The Labute approximate surface area is 124 Å². The molecule has 0 bridgehead atoms. The van der Waals surface area contributed by atoms with Gasteiger partial charge in [-0.3, -0.25) is 4.79 Å². The van der Waals surface area contributed by atoms with Gasteiger partial charge in [0.1, 0.15) is 0 Å². The summed E-state index contributed by atoms with van der Waals surface area (Å²) in [4.78, 5) is 12.0. The number of hydrogen-bond donors (Lipinski definition) is 2. The molecule has 1 rings (SSSR count). The number of carbonyl (C=O) groups is 1. The van der Waals surface area contributed by atoms with Gasteiger partial charge in [0.15, 0.2) is 11.5 Å². The van der Waals surface area contributed by atoms with Crippen LogP contribution in [0.1, 0.15) is 24.2 Å². The fourth-order valence-corrected chi connectivity index (χ4v) is 1.85. The molecule has 3 N–H and O–H groups in total. The predicted molar refractivity (Wildman–Crippen MR) is 79.7 cm³/mol. The molecule has 0 aliphatic rings. The van der Waals surface area contributed by atoms with Crippen LogP contribution >= 0.6 is 11.6 Å². The lowest BCUT2D eigenvalue weighted by atomic mass is 10.1. The topological polar surface area (TPSA) is 73.6 Å². The second-order valence-corrected chi connectivity index (χ2v) is 4.88. The lowest BCUT2D eigenvalue weighted by Crippen LogP contribution is -2.31. The van der Waals surface area contributed by atoms with Crippen LogP contribution in [0.5, 0.6) is 11.5 Å². The number of nitrogens with two attached hydrogens (primary N) is 1. The zero-order valence-corrected chi connectivity index (χ0v) is 12.8. The summed E-state index contributed by atoms with van der Waals surface area (Å²) in [7, 11) is 1.51. The lowest BCUT2D eigenvalue weighted by molar-refractivity contribution is 0.0948. The van der Waals surface area contributed by atoms with E-state index in [0.29, 0.717) is 41.8 Å². The number of hydrogen-bond acceptors (Lipinski definition) is 4. The third-order valence-corrected chi connectivity index (χ3v) is 3.07. The maximum Gasteiger partial charge on any atom is 0.251 e. The number of amides is 1. The van der Waals surface area contributed by atoms with Crippen molar-refractivity contribution in [2.45, 2.75) is 13.8 Å². The molecule has 0 spiro atoms. The molecule has 5 nitrogen and oxygen atoms in total. The molecule has 0 saturated heterocycles. The van der Waals surface area contributed by atoms with E-state index in [1.54, 1.807) is 12.1 Å². The van der Waals surface area contributed by atoms with Crippen LogP contribution in [0.4, 0.5) is 0 Å². The van der Waals surface area contributed by atoms with E-state index in [-0.39, 0.29) is 11.8 Å². The smallest absolute Gasteiger partial charge is 0.251 e. The van der Waals surface area contributed by atoms with Crippen molar-refractivity contribution >= 4 is 17.5 Å². The van der Waals surface area contributed by atoms with Crippen LogP contribution in [0.3, 0.4) is 0 Å².